The Labute approximate surface area is 750 Å². The summed E-state index contributed by atoms with van der Waals surface area (Å²) >= 11 is 0. The number of para-hydroxylation sites is 1. The van der Waals surface area contributed by atoms with Crippen molar-refractivity contribution in [1.82, 2.24) is 63.5 Å². The standard InChI is InChI=1S/C40H25N5.2C39H24N4/c1-3-9-32-26(6-1)12-17-37-39(32)34-22-28(35-15-11-30(24-43-35)29-8-5-20-41-23-29)13-16-36(34)45(37)38-18-14-31(25-44-38)40-33-10-4-2-7-27(33)19-21-42-40;1-4-10-30-25(7-1)14-19-36-38(30)32-23-28(34-17-13-27-9-3-6-12-33(27)42-34)15-18-35(32)43(36)37-20-16-29(24-41-37)39-31-11-5-2-8-26(31)21-22-40-39;1-4-10-30-25(7-1)13-18-36-37(30)33-23-28(38-31-11-5-2-8-26(31)19-21-40-38)14-17-35(33)43(36)29-15-16-34(42-24-29)39-32-12-6-3-9-27(32)20-22-41-39/h1-25H;2*1-24H. The minimum absolute atomic E-state index is 0.857. The zero-order valence-corrected chi connectivity index (χ0v) is 70.5. The Morgan fingerprint density at radius 3 is 0.985 bits per heavy atom. The van der Waals surface area contributed by atoms with Gasteiger partial charge in [-0.05, 0) is 193 Å². The lowest BCUT2D eigenvalue weighted by Gasteiger charge is -2.10. The fraction of sp³-hybridized carbons (Fsp3) is 0. The Bertz CT molecular complexity index is 9200. The van der Waals surface area contributed by atoms with Gasteiger partial charge in [0.05, 0.1) is 90.4 Å². The van der Waals surface area contributed by atoms with Crippen molar-refractivity contribution in [1.29, 1.82) is 0 Å². The van der Waals surface area contributed by atoms with Crippen LogP contribution in [0.15, 0.2) is 444 Å². The van der Waals surface area contributed by atoms with Crippen molar-refractivity contribution in [3.05, 3.63) is 444 Å². The summed E-state index contributed by atoms with van der Waals surface area (Å²) in [4.78, 5) is 48.0. The van der Waals surface area contributed by atoms with Crippen LogP contribution in [0.5, 0.6) is 0 Å². The van der Waals surface area contributed by atoms with Crippen LogP contribution in [-0.4, -0.2) is 63.5 Å². The first-order valence-electron chi connectivity index (χ1n) is 43.8. The summed E-state index contributed by atoms with van der Waals surface area (Å²) in [5.74, 6) is 1.73. The van der Waals surface area contributed by atoms with Crippen molar-refractivity contribution < 1.29 is 0 Å². The molecule has 0 atom stereocenters. The summed E-state index contributed by atoms with van der Waals surface area (Å²) in [6.07, 6.45) is 18.9. The third-order valence-corrected chi connectivity index (χ3v) is 25.6. The SMILES string of the molecule is c1ccc2c(-c3ccc4c(c3)c3c5ccccc5ccc3n4-c3ccc(-c4nccc5ccccc45)nc3)nccc2c1.c1ccc2nc(-c3ccc4c(c3)c3c5ccccc5ccc3n4-c3ccc(-c4nccc5ccccc45)cn3)ccc2c1.c1cncc(-c2ccc(-c3ccc4c(c3)c3c5ccccc5ccc3n4-c3ccc(-c4nccc5ccccc45)cn3)nc2)c1. The van der Waals surface area contributed by atoms with Crippen LogP contribution in [0.1, 0.15) is 0 Å². The maximum atomic E-state index is 5.01. The molecule has 0 aliphatic heterocycles. The third kappa shape index (κ3) is 13.2. The normalized spacial score (nSPS) is 11.7. The second-order valence-electron chi connectivity index (χ2n) is 33.0. The molecule has 0 unspecified atom stereocenters. The van der Waals surface area contributed by atoms with Crippen molar-refractivity contribution in [2.75, 3.05) is 0 Å². The first-order valence-corrected chi connectivity index (χ1v) is 43.8. The Morgan fingerprint density at radius 1 is 0.176 bits per heavy atom. The Kier molecular flexibility index (Phi) is 18.2. The summed E-state index contributed by atoms with van der Waals surface area (Å²) in [6, 6.07) is 134. The van der Waals surface area contributed by atoms with Gasteiger partial charge in [0.15, 0.2) is 0 Å². The second-order valence-corrected chi connectivity index (χ2v) is 33.0. The van der Waals surface area contributed by atoms with Crippen LogP contribution in [0.3, 0.4) is 0 Å². The number of aromatic nitrogens is 13. The van der Waals surface area contributed by atoms with Gasteiger partial charge in [-0.15, -0.1) is 0 Å². The van der Waals surface area contributed by atoms with Gasteiger partial charge in [-0.1, -0.05) is 243 Å². The van der Waals surface area contributed by atoms with Gasteiger partial charge in [0.2, 0.25) is 0 Å². The topological polar surface area (TPSA) is 144 Å². The Hall–Kier alpha value is -17.9. The summed E-state index contributed by atoms with van der Waals surface area (Å²) in [5.41, 5.74) is 22.6. The molecule has 0 spiro atoms. The van der Waals surface area contributed by atoms with Crippen LogP contribution in [0.2, 0.25) is 0 Å². The van der Waals surface area contributed by atoms with Gasteiger partial charge < -0.3 is 4.57 Å². The maximum Gasteiger partial charge on any atom is 0.137 e. The van der Waals surface area contributed by atoms with E-state index in [0.717, 1.165) is 172 Å². The maximum absolute atomic E-state index is 5.01. The van der Waals surface area contributed by atoms with E-state index < -0.39 is 0 Å². The molecule has 0 fully saturated rings. The lowest BCUT2D eigenvalue weighted by atomic mass is 10.00. The highest BCUT2D eigenvalue weighted by Crippen LogP contribution is 2.45. The van der Waals surface area contributed by atoms with E-state index in [9.17, 15) is 0 Å². The molecule has 27 aromatic rings. The average molecular weight is 1670 g/mol. The van der Waals surface area contributed by atoms with E-state index in [1.54, 1.807) is 6.20 Å². The molecule has 610 valence electrons. The molecule has 27 rings (SSSR count). The molecule has 0 aliphatic carbocycles. The van der Waals surface area contributed by atoms with Crippen molar-refractivity contribution >= 4 is 152 Å². The van der Waals surface area contributed by atoms with Crippen LogP contribution in [0.4, 0.5) is 0 Å². The molecule has 0 saturated carbocycles. The summed E-state index contributed by atoms with van der Waals surface area (Å²) in [5, 5.41) is 24.8. The van der Waals surface area contributed by atoms with Crippen LogP contribution in [-0.2, 0) is 0 Å². The molecule has 13 aromatic heterocycles. The van der Waals surface area contributed by atoms with Crippen molar-refractivity contribution in [2.45, 2.75) is 0 Å². The highest BCUT2D eigenvalue weighted by atomic mass is 15.1. The van der Waals surface area contributed by atoms with Crippen LogP contribution < -0.4 is 0 Å². The average Bonchev–Trinajstić information content (AvgIpc) is 1.58. The van der Waals surface area contributed by atoms with Crippen molar-refractivity contribution in [2.24, 2.45) is 0 Å². The van der Waals surface area contributed by atoms with Crippen molar-refractivity contribution in [3.8, 4) is 96.1 Å². The zero-order valence-electron chi connectivity index (χ0n) is 70.5. The molecule has 0 radical (unpaired) electrons. The lowest BCUT2D eigenvalue weighted by molar-refractivity contribution is 1.08. The number of fused-ring (bicyclic) bond motifs is 20. The smallest absolute Gasteiger partial charge is 0.137 e. The number of nitrogens with zero attached hydrogens (tertiary/aromatic N) is 13. The number of hydrogen-bond donors (Lipinski definition) is 0. The van der Waals surface area contributed by atoms with Crippen molar-refractivity contribution in [3.63, 3.8) is 0 Å². The largest absolute Gasteiger partial charge is 0.308 e. The molecular formula is C118H73N13. The number of rotatable bonds is 10. The first kappa shape index (κ1) is 75.6. The molecule has 13 heterocycles. The zero-order chi connectivity index (χ0) is 86.4. The van der Waals surface area contributed by atoms with Gasteiger partial charge in [0.1, 0.15) is 11.6 Å². The van der Waals surface area contributed by atoms with Crippen LogP contribution in [0, 0.1) is 0 Å². The van der Waals surface area contributed by atoms with E-state index >= 15 is 0 Å². The minimum atomic E-state index is 0.857. The Morgan fingerprint density at radius 2 is 0.527 bits per heavy atom. The van der Waals surface area contributed by atoms with Crippen LogP contribution in [0.25, 0.3) is 248 Å². The van der Waals surface area contributed by atoms with Gasteiger partial charge in [0.25, 0.3) is 0 Å². The van der Waals surface area contributed by atoms with E-state index in [2.05, 4.69) is 369 Å². The number of pyridine rings is 10. The number of hydrogen-bond acceptors (Lipinski definition) is 10. The lowest BCUT2D eigenvalue weighted by Crippen LogP contribution is -1.98. The molecule has 0 aliphatic rings. The van der Waals surface area contributed by atoms with Gasteiger partial charge in [-0.25, -0.2) is 15.0 Å². The van der Waals surface area contributed by atoms with Gasteiger partial charge in [-0.2, -0.15) is 0 Å². The number of benzene rings is 14. The van der Waals surface area contributed by atoms with E-state index in [-0.39, 0.29) is 0 Å². The van der Waals surface area contributed by atoms with E-state index in [1.807, 2.05) is 92.2 Å². The molecule has 13 heteroatoms. The van der Waals surface area contributed by atoms with Gasteiger partial charge in [-0.3, -0.25) is 44.0 Å². The molecule has 13 nitrogen and oxygen atoms in total. The van der Waals surface area contributed by atoms with E-state index in [0.29, 0.717) is 0 Å². The van der Waals surface area contributed by atoms with Gasteiger partial charge >= 0.3 is 0 Å². The molecule has 14 aromatic carbocycles. The quantitative estimate of drug-likeness (QED) is 0.130. The Balaban J connectivity index is 0.000000106. The molecule has 0 N–H and O–H groups in total. The molecule has 0 bridgehead atoms. The fourth-order valence-electron chi connectivity index (χ4n) is 19.5. The predicted octanol–water partition coefficient (Wildman–Crippen LogP) is 29.2. The highest BCUT2D eigenvalue weighted by Gasteiger charge is 2.23. The summed E-state index contributed by atoms with van der Waals surface area (Å²) in [7, 11) is 0. The van der Waals surface area contributed by atoms with Gasteiger partial charge in [0, 0.05) is 154 Å². The summed E-state index contributed by atoms with van der Waals surface area (Å²) in [6.45, 7) is 0. The van der Waals surface area contributed by atoms with Crippen LogP contribution >= 0.6 is 0 Å². The predicted molar refractivity (Wildman–Crippen MR) is 538 cm³/mol. The monoisotopic (exact) mass is 1670 g/mol. The summed E-state index contributed by atoms with van der Waals surface area (Å²) < 4.78 is 6.86. The fourth-order valence-corrected chi connectivity index (χ4v) is 19.5. The molecular weight excluding hydrogens is 1600 g/mol. The molecule has 131 heavy (non-hydrogen) atoms. The van der Waals surface area contributed by atoms with E-state index in [4.69, 9.17) is 39.9 Å². The molecule has 0 amide bonds. The highest BCUT2D eigenvalue weighted by molar-refractivity contribution is 6.25. The minimum Gasteiger partial charge on any atom is -0.308 e. The second kappa shape index (κ2) is 31.6. The first-order chi connectivity index (χ1) is 65.0. The third-order valence-electron chi connectivity index (χ3n) is 25.6. The van der Waals surface area contributed by atoms with E-state index in [1.165, 1.54) is 75.4 Å². The molecule has 0 saturated heterocycles.